The third kappa shape index (κ3) is 2.60. The van der Waals surface area contributed by atoms with Crippen LogP contribution in [0.25, 0.3) is 0 Å². The first-order chi connectivity index (χ1) is 9.11. The van der Waals surface area contributed by atoms with Crippen LogP contribution in [0.5, 0.6) is 0 Å². The average Bonchev–Trinajstić information content (AvgIpc) is 3.03. The van der Waals surface area contributed by atoms with Gasteiger partial charge in [-0.1, -0.05) is 18.6 Å². The van der Waals surface area contributed by atoms with E-state index in [1.807, 2.05) is 0 Å². The number of hydrogen-bond donors (Lipinski definition) is 3. The zero-order valence-electron chi connectivity index (χ0n) is 10.8. The van der Waals surface area contributed by atoms with Crippen molar-refractivity contribution < 1.29 is 14.7 Å². The molecule has 3 N–H and O–H groups in total. The molecule has 5 unspecified atom stereocenters. The zero-order valence-corrected chi connectivity index (χ0v) is 10.8. The summed E-state index contributed by atoms with van der Waals surface area (Å²) >= 11 is 0. The van der Waals surface area contributed by atoms with Gasteiger partial charge < -0.3 is 15.7 Å². The molecule has 3 rings (SSSR count). The van der Waals surface area contributed by atoms with Crippen LogP contribution in [0.2, 0.25) is 0 Å². The SMILES string of the molecule is O=C(NC1C=CC(C(=O)O)C1)NC1CC2CCC1C2. The van der Waals surface area contributed by atoms with Crippen molar-refractivity contribution in [2.24, 2.45) is 17.8 Å². The molecule has 0 aromatic carbocycles. The fourth-order valence-electron chi connectivity index (χ4n) is 3.79. The lowest BCUT2D eigenvalue weighted by molar-refractivity contribution is -0.140. The van der Waals surface area contributed by atoms with Gasteiger partial charge in [0.25, 0.3) is 0 Å². The number of rotatable bonds is 3. The summed E-state index contributed by atoms with van der Waals surface area (Å²) in [6.45, 7) is 0. The monoisotopic (exact) mass is 264 g/mol. The summed E-state index contributed by atoms with van der Waals surface area (Å²) in [4.78, 5) is 22.7. The number of carboxylic acids is 1. The second-order valence-electron chi connectivity index (χ2n) is 6.07. The van der Waals surface area contributed by atoms with E-state index in [0.29, 0.717) is 18.4 Å². The maximum absolute atomic E-state index is 11.9. The Morgan fingerprint density at radius 3 is 2.47 bits per heavy atom. The molecule has 2 fully saturated rings. The number of amides is 2. The molecule has 5 heteroatoms. The number of nitrogens with one attached hydrogen (secondary N) is 2. The number of carboxylic acid groups (broad SMARTS) is 1. The Labute approximate surface area is 112 Å². The Hall–Kier alpha value is -1.52. The average molecular weight is 264 g/mol. The highest BCUT2D eigenvalue weighted by atomic mass is 16.4. The molecular formula is C14H20N2O3. The molecule has 2 saturated carbocycles. The molecule has 0 spiro atoms. The quantitative estimate of drug-likeness (QED) is 0.676. The lowest BCUT2D eigenvalue weighted by Gasteiger charge is -2.24. The van der Waals surface area contributed by atoms with Crippen LogP contribution in [0.1, 0.15) is 32.1 Å². The molecule has 0 aromatic rings. The highest BCUT2D eigenvalue weighted by Crippen LogP contribution is 2.44. The summed E-state index contributed by atoms with van der Waals surface area (Å²) in [5, 5.41) is 14.8. The van der Waals surface area contributed by atoms with E-state index < -0.39 is 11.9 Å². The minimum Gasteiger partial charge on any atom is -0.481 e. The van der Waals surface area contributed by atoms with Gasteiger partial charge in [-0.05, 0) is 37.5 Å². The zero-order chi connectivity index (χ0) is 13.4. The van der Waals surface area contributed by atoms with Crippen molar-refractivity contribution >= 4 is 12.0 Å². The van der Waals surface area contributed by atoms with E-state index in [1.54, 1.807) is 12.2 Å². The first kappa shape index (κ1) is 12.5. The molecule has 0 aliphatic heterocycles. The Kier molecular flexibility index (Phi) is 3.21. The third-order valence-corrected chi connectivity index (χ3v) is 4.77. The van der Waals surface area contributed by atoms with Crippen LogP contribution in [-0.2, 0) is 4.79 Å². The van der Waals surface area contributed by atoms with Crippen molar-refractivity contribution in [1.29, 1.82) is 0 Å². The molecule has 5 atom stereocenters. The van der Waals surface area contributed by atoms with Crippen LogP contribution in [0.4, 0.5) is 4.79 Å². The summed E-state index contributed by atoms with van der Waals surface area (Å²) < 4.78 is 0. The number of urea groups is 1. The second kappa shape index (κ2) is 4.87. The van der Waals surface area contributed by atoms with E-state index >= 15 is 0 Å². The van der Waals surface area contributed by atoms with E-state index in [4.69, 9.17) is 5.11 Å². The van der Waals surface area contributed by atoms with Crippen LogP contribution in [0.15, 0.2) is 12.2 Å². The number of fused-ring (bicyclic) bond motifs is 2. The van der Waals surface area contributed by atoms with Gasteiger partial charge in [0, 0.05) is 6.04 Å². The predicted octanol–water partition coefficient (Wildman–Crippen LogP) is 1.50. The topological polar surface area (TPSA) is 78.4 Å². The lowest BCUT2D eigenvalue weighted by Crippen LogP contribution is -2.47. The van der Waals surface area contributed by atoms with E-state index in [0.717, 1.165) is 12.3 Å². The van der Waals surface area contributed by atoms with Crippen LogP contribution >= 0.6 is 0 Å². The minimum atomic E-state index is -0.825. The Morgan fingerprint density at radius 1 is 1.05 bits per heavy atom. The normalized spacial score (nSPS) is 39.5. The number of aliphatic carboxylic acids is 1. The molecule has 0 aromatic heterocycles. The van der Waals surface area contributed by atoms with E-state index in [1.165, 1.54) is 19.3 Å². The van der Waals surface area contributed by atoms with Crippen molar-refractivity contribution in [2.75, 3.05) is 0 Å². The smallest absolute Gasteiger partial charge is 0.315 e. The number of hydrogen-bond acceptors (Lipinski definition) is 2. The maximum atomic E-state index is 11.9. The number of carbonyl (C=O) groups is 2. The fourth-order valence-corrected chi connectivity index (χ4v) is 3.79. The first-order valence-electron chi connectivity index (χ1n) is 7.10. The predicted molar refractivity (Wildman–Crippen MR) is 69.6 cm³/mol. The molecular weight excluding hydrogens is 244 g/mol. The standard InChI is InChI=1S/C14H20N2O3/c17-13(18)10-3-4-11(7-10)15-14(19)16-12-6-8-1-2-9(12)5-8/h3-4,8-12H,1-2,5-7H2,(H,17,18)(H2,15,16,19). The van der Waals surface area contributed by atoms with Crippen molar-refractivity contribution in [2.45, 2.75) is 44.2 Å². The molecule has 0 heterocycles. The van der Waals surface area contributed by atoms with E-state index in [-0.39, 0.29) is 12.1 Å². The van der Waals surface area contributed by atoms with Crippen molar-refractivity contribution in [3.05, 3.63) is 12.2 Å². The first-order valence-corrected chi connectivity index (χ1v) is 7.10. The largest absolute Gasteiger partial charge is 0.481 e. The van der Waals surface area contributed by atoms with Crippen LogP contribution < -0.4 is 10.6 Å². The summed E-state index contributed by atoms with van der Waals surface area (Å²) in [7, 11) is 0. The van der Waals surface area contributed by atoms with E-state index in [9.17, 15) is 9.59 Å². The summed E-state index contributed by atoms with van der Waals surface area (Å²) in [6, 6.07) is 0.0114. The van der Waals surface area contributed by atoms with Gasteiger partial charge in [-0.15, -0.1) is 0 Å². The Bertz CT molecular complexity index is 421. The van der Waals surface area contributed by atoms with Gasteiger partial charge in [0.05, 0.1) is 12.0 Å². The maximum Gasteiger partial charge on any atom is 0.315 e. The summed E-state index contributed by atoms with van der Waals surface area (Å²) in [6.07, 6.45) is 8.81. The van der Waals surface area contributed by atoms with Crippen molar-refractivity contribution in [1.82, 2.24) is 10.6 Å². The molecule has 0 saturated heterocycles. The molecule has 2 amide bonds. The highest BCUT2D eigenvalue weighted by Gasteiger charge is 2.40. The van der Waals surface area contributed by atoms with Crippen molar-refractivity contribution in [3.8, 4) is 0 Å². The third-order valence-electron chi connectivity index (χ3n) is 4.77. The van der Waals surface area contributed by atoms with Gasteiger partial charge in [-0.3, -0.25) is 4.79 Å². The molecule has 5 nitrogen and oxygen atoms in total. The molecule has 19 heavy (non-hydrogen) atoms. The summed E-state index contributed by atoms with van der Waals surface area (Å²) in [5.74, 6) is 0.168. The Morgan fingerprint density at radius 2 is 1.89 bits per heavy atom. The second-order valence-corrected chi connectivity index (χ2v) is 6.07. The summed E-state index contributed by atoms with van der Waals surface area (Å²) in [5.41, 5.74) is 0. The lowest BCUT2D eigenvalue weighted by atomic mass is 9.95. The van der Waals surface area contributed by atoms with Crippen LogP contribution in [-0.4, -0.2) is 29.2 Å². The minimum absolute atomic E-state index is 0.153. The van der Waals surface area contributed by atoms with Gasteiger partial charge in [-0.2, -0.15) is 0 Å². The molecule has 2 bridgehead atoms. The molecule has 104 valence electrons. The van der Waals surface area contributed by atoms with Crippen molar-refractivity contribution in [3.63, 3.8) is 0 Å². The van der Waals surface area contributed by atoms with Gasteiger partial charge in [0.1, 0.15) is 0 Å². The number of carbonyl (C=O) groups excluding carboxylic acids is 1. The van der Waals surface area contributed by atoms with E-state index in [2.05, 4.69) is 10.6 Å². The van der Waals surface area contributed by atoms with Gasteiger partial charge in [0.15, 0.2) is 0 Å². The van der Waals surface area contributed by atoms with Crippen LogP contribution in [0, 0.1) is 17.8 Å². The fraction of sp³-hybridized carbons (Fsp3) is 0.714. The highest BCUT2D eigenvalue weighted by molar-refractivity contribution is 5.76. The molecule has 3 aliphatic rings. The van der Waals surface area contributed by atoms with Gasteiger partial charge in [0.2, 0.25) is 0 Å². The van der Waals surface area contributed by atoms with Gasteiger partial charge >= 0.3 is 12.0 Å². The molecule has 0 radical (unpaired) electrons. The van der Waals surface area contributed by atoms with Gasteiger partial charge in [-0.25, -0.2) is 4.79 Å². The van der Waals surface area contributed by atoms with Crippen LogP contribution in [0.3, 0.4) is 0 Å². The molecule has 3 aliphatic carbocycles. The Balaban J connectivity index is 1.45.